The van der Waals surface area contributed by atoms with E-state index >= 15 is 0 Å². The first-order valence-electron chi connectivity index (χ1n) is 10.5. The Bertz CT molecular complexity index is 1020. The van der Waals surface area contributed by atoms with E-state index in [0.29, 0.717) is 30.4 Å². The van der Waals surface area contributed by atoms with Crippen molar-refractivity contribution in [1.82, 2.24) is 15.0 Å². The number of aromatic nitrogens is 2. The number of carbonyl (C=O) groups is 2. The van der Waals surface area contributed by atoms with Crippen molar-refractivity contribution in [3.05, 3.63) is 66.1 Å². The number of piperidine rings is 1. The molecule has 1 aliphatic rings. The molecule has 1 saturated heterocycles. The fraction of sp³-hybridized carbons (Fsp3) is 0.333. The van der Waals surface area contributed by atoms with Crippen molar-refractivity contribution in [2.24, 2.45) is 0 Å². The van der Waals surface area contributed by atoms with E-state index in [-0.39, 0.29) is 30.4 Å². The zero-order valence-electron chi connectivity index (χ0n) is 17.5. The molecule has 3 aromatic rings. The summed E-state index contributed by atoms with van der Waals surface area (Å²) in [6.45, 7) is 1.26. The predicted molar refractivity (Wildman–Crippen MR) is 115 cm³/mol. The Kier molecular flexibility index (Phi) is 6.40. The van der Waals surface area contributed by atoms with E-state index in [1.54, 1.807) is 19.2 Å². The molecule has 4 rings (SSSR count). The van der Waals surface area contributed by atoms with E-state index in [1.165, 1.54) is 0 Å². The molecule has 1 fully saturated rings. The minimum Gasteiger partial charge on any atom is -0.497 e. The summed E-state index contributed by atoms with van der Waals surface area (Å²) in [5.74, 6) is 2.09. The molecule has 0 saturated carbocycles. The molecule has 0 spiro atoms. The van der Waals surface area contributed by atoms with Gasteiger partial charge in [0.25, 0.3) is 0 Å². The second kappa shape index (κ2) is 9.55. The van der Waals surface area contributed by atoms with Gasteiger partial charge in [-0.25, -0.2) is 0 Å². The van der Waals surface area contributed by atoms with Crippen molar-refractivity contribution in [3.63, 3.8) is 0 Å². The summed E-state index contributed by atoms with van der Waals surface area (Å²) < 4.78 is 10.7. The number of rotatable bonds is 7. The average Bonchev–Trinajstić information content (AvgIpc) is 3.33. The van der Waals surface area contributed by atoms with Gasteiger partial charge < -0.3 is 14.2 Å². The number of nitrogens with zero attached hydrogens (tertiary/aromatic N) is 3. The largest absolute Gasteiger partial charge is 0.497 e. The highest BCUT2D eigenvalue weighted by atomic mass is 16.5. The van der Waals surface area contributed by atoms with Crippen LogP contribution in [0.5, 0.6) is 5.75 Å². The van der Waals surface area contributed by atoms with Gasteiger partial charge in [0, 0.05) is 43.0 Å². The van der Waals surface area contributed by atoms with Crippen molar-refractivity contribution in [2.75, 3.05) is 20.2 Å². The molecule has 0 atom stereocenters. The molecule has 0 radical (unpaired) electrons. The van der Waals surface area contributed by atoms with Crippen LogP contribution in [0.3, 0.4) is 0 Å². The van der Waals surface area contributed by atoms with Crippen LogP contribution >= 0.6 is 0 Å². The number of ketones is 1. The van der Waals surface area contributed by atoms with Gasteiger partial charge in [0.2, 0.25) is 17.6 Å². The highest BCUT2D eigenvalue weighted by Gasteiger charge is 2.27. The topological polar surface area (TPSA) is 85.5 Å². The molecule has 0 bridgehead atoms. The number of hydrogen-bond donors (Lipinski definition) is 0. The molecule has 7 heteroatoms. The minimum atomic E-state index is 0.000701. The van der Waals surface area contributed by atoms with Crippen LogP contribution in [0.25, 0.3) is 11.4 Å². The summed E-state index contributed by atoms with van der Waals surface area (Å²) in [5.41, 5.74) is 1.52. The lowest BCUT2D eigenvalue weighted by molar-refractivity contribution is -0.132. The van der Waals surface area contributed by atoms with Crippen molar-refractivity contribution in [2.45, 2.75) is 31.6 Å². The number of amides is 1. The lowest BCUT2D eigenvalue weighted by Gasteiger charge is -2.30. The molecular weight excluding hydrogens is 394 g/mol. The second-order valence-electron chi connectivity index (χ2n) is 7.63. The van der Waals surface area contributed by atoms with E-state index in [0.717, 1.165) is 24.2 Å². The van der Waals surface area contributed by atoms with Gasteiger partial charge >= 0.3 is 0 Å². The van der Waals surface area contributed by atoms with Gasteiger partial charge in [-0.2, -0.15) is 4.98 Å². The van der Waals surface area contributed by atoms with Crippen LogP contribution < -0.4 is 4.74 Å². The Hall–Kier alpha value is -3.48. The van der Waals surface area contributed by atoms with Crippen LogP contribution in [0.2, 0.25) is 0 Å². The van der Waals surface area contributed by atoms with Crippen molar-refractivity contribution >= 4 is 11.7 Å². The minimum absolute atomic E-state index is 0.000701. The third-order valence-corrected chi connectivity index (χ3v) is 5.65. The lowest BCUT2D eigenvalue weighted by Crippen LogP contribution is -2.38. The standard InChI is InChI=1S/C24H25N3O4/c1-30-20-9-7-18(8-10-20)23-25-24(31-26-23)19-13-15-27(16-14-19)22(29)12-11-21(28)17-5-3-2-4-6-17/h2-10,19H,11-16H2,1H3. The second-order valence-corrected chi connectivity index (χ2v) is 7.63. The van der Waals surface area contributed by atoms with Gasteiger partial charge in [0.1, 0.15) is 5.75 Å². The highest BCUT2D eigenvalue weighted by molar-refractivity contribution is 5.97. The first kappa shape index (κ1) is 20.8. The van der Waals surface area contributed by atoms with E-state index in [4.69, 9.17) is 9.26 Å². The number of benzene rings is 2. The van der Waals surface area contributed by atoms with Gasteiger partial charge in [0.15, 0.2) is 5.78 Å². The summed E-state index contributed by atoms with van der Waals surface area (Å²) in [5, 5.41) is 4.10. The third kappa shape index (κ3) is 4.99. The molecule has 2 heterocycles. The van der Waals surface area contributed by atoms with Crippen LogP contribution in [0.1, 0.15) is 47.8 Å². The Labute approximate surface area is 181 Å². The summed E-state index contributed by atoms with van der Waals surface area (Å²) in [7, 11) is 1.62. The molecule has 0 unspecified atom stereocenters. The van der Waals surface area contributed by atoms with E-state index in [2.05, 4.69) is 10.1 Å². The molecule has 160 valence electrons. The number of ether oxygens (including phenoxy) is 1. The van der Waals surface area contributed by atoms with Gasteiger partial charge in [0.05, 0.1) is 7.11 Å². The molecular formula is C24H25N3O4. The SMILES string of the molecule is COc1ccc(-c2noc(C3CCN(C(=O)CCC(=O)c4ccccc4)CC3)n2)cc1. The van der Waals surface area contributed by atoms with Gasteiger partial charge in [-0.1, -0.05) is 35.5 Å². The maximum atomic E-state index is 12.5. The van der Waals surface area contributed by atoms with E-state index < -0.39 is 0 Å². The van der Waals surface area contributed by atoms with E-state index in [9.17, 15) is 9.59 Å². The summed E-state index contributed by atoms with van der Waals surface area (Å²) in [6.07, 6.45) is 2.00. The van der Waals surface area contributed by atoms with Crippen LogP contribution in [0.15, 0.2) is 59.1 Å². The van der Waals surface area contributed by atoms with Crippen LogP contribution in [0, 0.1) is 0 Å². The zero-order chi connectivity index (χ0) is 21.6. The molecule has 1 amide bonds. The Morgan fingerprint density at radius 3 is 2.42 bits per heavy atom. The fourth-order valence-corrected chi connectivity index (χ4v) is 3.78. The zero-order valence-corrected chi connectivity index (χ0v) is 17.5. The van der Waals surface area contributed by atoms with Crippen molar-refractivity contribution in [3.8, 4) is 17.1 Å². The Morgan fingerprint density at radius 2 is 1.74 bits per heavy atom. The first-order valence-corrected chi connectivity index (χ1v) is 10.5. The molecule has 7 nitrogen and oxygen atoms in total. The first-order chi connectivity index (χ1) is 15.1. The van der Waals surface area contributed by atoms with Gasteiger partial charge in [-0.15, -0.1) is 0 Å². The highest BCUT2D eigenvalue weighted by Crippen LogP contribution is 2.29. The number of carbonyl (C=O) groups excluding carboxylic acids is 2. The van der Waals surface area contributed by atoms with Crippen LogP contribution in [0.4, 0.5) is 0 Å². The molecule has 0 aliphatic carbocycles. The monoisotopic (exact) mass is 419 g/mol. The number of hydrogen-bond acceptors (Lipinski definition) is 6. The van der Waals surface area contributed by atoms with Crippen LogP contribution in [-0.4, -0.2) is 46.9 Å². The number of methoxy groups -OCH3 is 1. The molecule has 1 aromatic heterocycles. The summed E-state index contributed by atoms with van der Waals surface area (Å²) >= 11 is 0. The quantitative estimate of drug-likeness (QED) is 0.536. The van der Waals surface area contributed by atoms with Gasteiger partial charge in [-0.3, -0.25) is 9.59 Å². The summed E-state index contributed by atoms with van der Waals surface area (Å²) in [4.78, 5) is 31.1. The van der Waals surface area contributed by atoms with Crippen molar-refractivity contribution in [1.29, 1.82) is 0 Å². The lowest BCUT2D eigenvalue weighted by atomic mass is 9.96. The normalized spacial score (nSPS) is 14.4. The summed E-state index contributed by atoms with van der Waals surface area (Å²) in [6, 6.07) is 16.6. The smallest absolute Gasteiger partial charge is 0.230 e. The van der Waals surface area contributed by atoms with Crippen LogP contribution in [-0.2, 0) is 4.79 Å². The molecule has 2 aromatic carbocycles. The fourth-order valence-electron chi connectivity index (χ4n) is 3.78. The van der Waals surface area contributed by atoms with E-state index in [1.807, 2.05) is 47.4 Å². The molecule has 31 heavy (non-hydrogen) atoms. The number of Topliss-reactive ketones (excluding diaryl/α,β-unsaturated/α-hetero) is 1. The maximum Gasteiger partial charge on any atom is 0.230 e. The predicted octanol–water partition coefficient (Wildman–Crippen LogP) is 4.11. The Balaban J connectivity index is 1.28. The maximum absolute atomic E-state index is 12.5. The van der Waals surface area contributed by atoms with Gasteiger partial charge in [-0.05, 0) is 37.1 Å². The van der Waals surface area contributed by atoms with Crippen molar-refractivity contribution < 1.29 is 18.8 Å². The number of likely N-dealkylation sites (tertiary alicyclic amines) is 1. The Morgan fingerprint density at radius 1 is 1.03 bits per heavy atom. The third-order valence-electron chi connectivity index (χ3n) is 5.65. The average molecular weight is 419 g/mol. The molecule has 1 aliphatic heterocycles. The molecule has 0 N–H and O–H groups in total.